The molecule has 1 aliphatic heterocycles. The van der Waals surface area contributed by atoms with Crippen molar-refractivity contribution in [1.29, 1.82) is 0 Å². The molecule has 9 heteroatoms. The highest BCUT2D eigenvalue weighted by Crippen LogP contribution is 2.38. The fourth-order valence-electron chi connectivity index (χ4n) is 5.69. The van der Waals surface area contributed by atoms with Crippen LogP contribution in [0.4, 0.5) is 5.00 Å². The number of nitrogens with zero attached hydrogens (tertiary/aromatic N) is 2. The summed E-state index contributed by atoms with van der Waals surface area (Å²) in [7, 11) is 2.02. The van der Waals surface area contributed by atoms with Crippen LogP contribution in [0.15, 0.2) is 24.3 Å². The van der Waals surface area contributed by atoms with E-state index in [0.717, 1.165) is 84.1 Å². The number of rotatable bonds is 7. The largest absolute Gasteiger partial charge is 0.462 e. The van der Waals surface area contributed by atoms with Crippen molar-refractivity contribution in [3.63, 3.8) is 0 Å². The molecule has 1 unspecified atom stereocenters. The lowest BCUT2D eigenvalue weighted by Gasteiger charge is -2.27. The van der Waals surface area contributed by atoms with Crippen molar-refractivity contribution < 1.29 is 23.9 Å². The number of likely N-dealkylation sites (N-methyl/N-ethyl adjacent to an activating group) is 1. The van der Waals surface area contributed by atoms with Crippen LogP contribution in [0.5, 0.6) is 0 Å². The van der Waals surface area contributed by atoms with Gasteiger partial charge in [0, 0.05) is 41.0 Å². The summed E-state index contributed by atoms with van der Waals surface area (Å²) in [4.78, 5) is 48.4. The van der Waals surface area contributed by atoms with Crippen LogP contribution in [-0.4, -0.2) is 54.0 Å². The lowest BCUT2D eigenvalue weighted by atomic mass is 9.96. The molecule has 8 nitrogen and oxygen atoms in total. The zero-order chi connectivity index (χ0) is 28.2. The predicted molar refractivity (Wildman–Crippen MR) is 156 cm³/mol. The minimum Gasteiger partial charge on any atom is -0.462 e. The van der Waals surface area contributed by atoms with Gasteiger partial charge in [-0.05, 0) is 57.7 Å². The molecule has 1 atom stereocenters. The molecule has 0 bridgehead atoms. The smallest absolute Gasteiger partial charge is 0.341 e. The summed E-state index contributed by atoms with van der Waals surface area (Å²) in [5, 5.41) is 4.15. The highest BCUT2D eigenvalue weighted by atomic mass is 32.1. The van der Waals surface area contributed by atoms with Gasteiger partial charge in [-0.3, -0.25) is 9.78 Å². The standard InChI is InChI=1S/C31H37N3O5S/c1-4-24(28(35)33-29-27(30(36)38-5-2)20-13-8-6-7-9-15-25(20)40-29)39-31(37)26-19-12-10-11-14-22(19)32-23-16-17-34(3)18-21(23)26/h10-12,14,24H,4-9,13,15-18H2,1-3H3,(H,33,35). The Balaban J connectivity index is 1.43. The normalized spacial score (nSPS) is 16.3. The summed E-state index contributed by atoms with van der Waals surface area (Å²) in [6, 6.07) is 7.56. The SMILES string of the molecule is CCOC(=O)c1c(NC(=O)C(CC)OC(=O)c2c3c(nc4ccccc24)CCN(C)C3)sc2c1CCCCCC2. The molecule has 1 amide bonds. The summed E-state index contributed by atoms with van der Waals surface area (Å²) < 4.78 is 11.3. The number of hydrogen-bond donors (Lipinski definition) is 1. The number of amides is 1. The number of para-hydroxylation sites is 1. The van der Waals surface area contributed by atoms with E-state index in [4.69, 9.17) is 14.5 Å². The number of aryl methyl sites for hydroxylation is 1. The first-order valence-corrected chi connectivity index (χ1v) is 15.1. The number of carbonyl (C=O) groups is 3. The molecule has 0 saturated carbocycles. The lowest BCUT2D eigenvalue weighted by molar-refractivity contribution is -0.124. The first kappa shape index (κ1) is 28.2. The summed E-state index contributed by atoms with van der Waals surface area (Å²) >= 11 is 1.44. The van der Waals surface area contributed by atoms with Gasteiger partial charge in [0.1, 0.15) is 5.00 Å². The number of hydrogen-bond acceptors (Lipinski definition) is 8. The summed E-state index contributed by atoms with van der Waals surface area (Å²) in [5.74, 6) is -1.39. The van der Waals surface area contributed by atoms with E-state index in [1.165, 1.54) is 11.3 Å². The van der Waals surface area contributed by atoms with E-state index in [0.29, 0.717) is 29.1 Å². The Hall–Kier alpha value is -3.30. The number of thiophene rings is 1. The predicted octanol–water partition coefficient (Wildman–Crippen LogP) is 5.69. The second kappa shape index (κ2) is 12.5. The number of esters is 2. The van der Waals surface area contributed by atoms with E-state index < -0.39 is 23.9 Å². The van der Waals surface area contributed by atoms with E-state index in [1.54, 1.807) is 6.92 Å². The average Bonchev–Trinajstić information content (AvgIpc) is 3.25. The summed E-state index contributed by atoms with van der Waals surface area (Å²) in [6.45, 7) is 5.29. The van der Waals surface area contributed by atoms with Crippen LogP contribution in [0.3, 0.4) is 0 Å². The summed E-state index contributed by atoms with van der Waals surface area (Å²) in [5.41, 5.74) is 4.42. The maximum absolute atomic E-state index is 13.7. The molecule has 1 N–H and O–H groups in total. The van der Waals surface area contributed by atoms with Crippen molar-refractivity contribution >= 4 is 45.1 Å². The van der Waals surface area contributed by atoms with Gasteiger partial charge in [0.15, 0.2) is 6.10 Å². The fourth-order valence-corrected chi connectivity index (χ4v) is 6.97. The molecular formula is C31H37N3O5S. The zero-order valence-corrected chi connectivity index (χ0v) is 24.3. The Kier molecular flexibility index (Phi) is 8.81. The van der Waals surface area contributed by atoms with Crippen molar-refractivity contribution in [2.24, 2.45) is 0 Å². The van der Waals surface area contributed by atoms with Gasteiger partial charge in [-0.1, -0.05) is 38.0 Å². The van der Waals surface area contributed by atoms with E-state index >= 15 is 0 Å². The average molecular weight is 564 g/mol. The highest BCUT2D eigenvalue weighted by molar-refractivity contribution is 7.17. The molecule has 5 rings (SSSR count). The minimum absolute atomic E-state index is 0.255. The summed E-state index contributed by atoms with van der Waals surface area (Å²) in [6.07, 6.45) is 6.02. The highest BCUT2D eigenvalue weighted by Gasteiger charge is 2.31. The van der Waals surface area contributed by atoms with Crippen molar-refractivity contribution in [2.75, 3.05) is 25.5 Å². The van der Waals surface area contributed by atoms with Crippen LogP contribution in [0.1, 0.15) is 88.4 Å². The molecule has 1 aliphatic carbocycles. The quantitative estimate of drug-likeness (QED) is 0.369. The van der Waals surface area contributed by atoms with Crippen LogP contribution >= 0.6 is 11.3 Å². The minimum atomic E-state index is -1.02. The van der Waals surface area contributed by atoms with Crippen LogP contribution in [0, 0.1) is 0 Å². The molecule has 1 aromatic carbocycles. The van der Waals surface area contributed by atoms with Crippen molar-refractivity contribution in [3.05, 3.63) is 57.1 Å². The van der Waals surface area contributed by atoms with Gasteiger partial charge in [-0.2, -0.15) is 0 Å². The van der Waals surface area contributed by atoms with E-state index in [9.17, 15) is 14.4 Å². The third kappa shape index (κ3) is 5.76. The van der Waals surface area contributed by atoms with Crippen LogP contribution < -0.4 is 5.32 Å². The molecular weight excluding hydrogens is 526 g/mol. The Bertz CT molecular complexity index is 1430. The van der Waals surface area contributed by atoms with E-state index in [1.807, 2.05) is 38.2 Å². The number of pyridine rings is 1. The monoisotopic (exact) mass is 563 g/mol. The number of benzene rings is 1. The molecule has 3 aromatic rings. The maximum Gasteiger partial charge on any atom is 0.341 e. The lowest BCUT2D eigenvalue weighted by Crippen LogP contribution is -2.34. The number of ether oxygens (including phenoxy) is 2. The maximum atomic E-state index is 13.7. The van der Waals surface area contributed by atoms with Crippen LogP contribution in [-0.2, 0) is 40.1 Å². The van der Waals surface area contributed by atoms with Crippen LogP contribution in [0.25, 0.3) is 10.9 Å². The number of nitrogens with one attached hydrogen (secondary N) is 1. The van der Waals surface area contributed by atoms with Gasteiger partial charge in [-0.15, -0.1) is 11.3 Å². The first-order chi connectivity index (χ1) is 19.4. The topological polar surface area (TPSA) is 97.8 Å². The molecule has 2 aromatic heterocycles. The van der Waals surface area contributed by atoms with E-state index in [2.05, 4.69) is 10.2 Å². The van der Waals surface area contributed by atoms with Crippen molar-refractivity contribution in [3.8, 4) is 0 Å². The third-order valence-electron chi connectivity index (χ3n) is 7.74. The first-order valence-electron chi connectivity index (χ1n) is 14.3. The molecule has 212 valence electrons. The molecule has 3 heterocycles. The van der Waals surface area contributed by atoms with Gasteiger partial charge in [0.2, 0.25) is 0 Å². The van der Waals surface area contributed by atoms with Gasteiger partial charge in [0.05, 0.1) is 23.3 Å². The van der Waals surface area contributed by atoms with E-state index in [-0.39, 0.29) is 6.61 Å². The van der Waals surface area contributed by atoms with Gasteiger partial charge in [-0.25, -0.2) is 9.59 Å². The molecule has 0 spiro atoms. The number of carbonyl (C=O) groups excluding carboxylic acids is 3. The molecule has 2 aliphatic rings. The van der Waals surface area contributed by atoms with Crippen molar-refractivity contribution in [2.45, 2.75) is 77.9 Å². The van der Waals surface area contributed by atoms with Gasteiger partial charge >= 0.3 is 11.9 Å². The number of fused-ring (bicyclic) bond motifs is 3. The Morgan fingerprint density at radius 2 is 1.77 bits per heavy atom. The molecule has 0 radical (unpaired) electrons. The second-order valence-corrected chi connectivity index (χ2v) is 11.7. The number of anilines is 1. The van der Waals surface area contributed by atoms with Crippen LogP contribution in [0.2, 0.25) is 0 Å². The second-order valence-electron chi connectivity index (χ2n) is 10.6. The van der Waals surface area contributed by atoms with Gasteiger partial charge in [0.25, 0.3) is 5.91 Å². The Morgan fingerprint density at radius 1 is 1.00 bits per heavy atom. The molecule has 0 saturated heterocycles. The Labute approximate surface area is 239 Å². The fraction of sp³-hybridized carbons (Fsp3) is 0.484. The number of aromatic nitrogens is 1. The van der Waals surface area contributed by atoms with Gasteiger partial charge < -0.3 is 19.7 Å². The van der Waals surface area contributed by atoms with Crippen molar-refractivity contribution in [1.82, 2.24) is 9.88 Å². The third-order valence-corrected chi connectivity index (χ3v) is 8.95. The molecule has 0 fully saturated rings. The zero-order valence-electron chi connectivity index (χ0n) is 23.5. The molecule has 40 heavy (non-hydrogen) atoms. The Morgan fingerprint density at radius 3 is 2.55 bits per heavy atom.